The highest BCUT2D eigenvalue weighted by atomic mass is 35.5. The molecule has 0 aromatic heterocycles. The molecule has 14 heavy (non-hydrogen) atoms. The molecule has 3 heteroatoms. The molecule has 74 valence electrons. The molecule has 1 aliphatic heterocycles. The van der Waals surface area contributed by atoms with Gasteiger partial charge in [-0.05, 0) is 23.5 Å². The Morgan fingerprint density at radius 1 is 1.00 bits per heavy atom. The van der Waals surface area contributed by atoms with Crippen molar-refractivity contribution in [3.63, 3.8) is 0 Å². The highest BCUT2D eigenvalue weighted by Gasteiger charge is 2.12. The van der Waals surface area contributed by atoms with Crippen LogP contribution < -0.4 is 0 Å². The standard InChI is InChI=1S/C11H11ClS2/c12-11-10(13-7-4-8-14-11)9-5-2-1-3-6-9/h1-3,5-6H,4,7-8H2. The fourth-order valence-corrected chi connectivity index (χ4v) is 3.97. The van der Waals surface area contributed by atoms with Gasteiger partial charge in [0.25, 0.3) is 0 Å². The van der Waals surface area contributed by atoms with Gasteiger partial charge in [-0.25, -0.2) is 0 Å². The second-order valence-corrected chi connectivity index (χ2v) is 5.83. The van der Waals surface area contributed by atoms with Gasteiger partial charge in [-0.15, -0.1) is 23.5 Å². The van der Waals surface area contributed by atoms with E-state index in [1.54, 1.807) is 11.8 Å². The lowest BCUT2D eigenvalue weighted by Gasteiger charge is -2.05. The molecular formula is C11H11ClS2. The monoisotopic (exact) mass is 242 g/mol. The molecule has 0 saturated heterocycles. The Labute approximate surface area is 98.1 Å². The van der Waals surface area contributed by atoms with Crippen molar-refractivity contribution in [3.05, 3.63) is 40.3 Å². The molecule has 0 atom stereocenters. The zero-order chi connectivity index (χ0) is 9.80. The number of halogens is 1. The van der Waals surface area contributed by atoms with Gasteiger partial charge in [0.1, 0.15) is 0 Å². The van der Waals surface area contributed by atoms with E-state index in [2.05, 4.69) is 24.3 Å². The first-order chi connectivity index (χ1) is 6.88. The van der Waals surface area contributed by atoms with Gasteiger partial charge < -0.3 is 0 Å². The Hall–Kier alpha value is -0.0500. The fraction of sp³-hybridized carbons (Fsp3) is 0.273. The molecule has 0 bridgehead atoms. The predicted octanol–water partition coefficient (Wildman–Crippen LogP) is 4.42. The molecule has 0 unspecified atom stereocenters. The zero-order valence-electron chi connectivity index (χ0n) is 7.70. The number of hydrogen-bond donors (Lipinski definition) is 0. The summed E-state index contributed by atoms with van der Waals surface area (Å²) in [6.45, 7) is 0. The fourth-order valence-electron chi connectivity index (χ4n) is 1.30. The normalized spacial score (nSPS) is 18.1. The minimum Gasteiger partial charge on any atom is -0.123 e. The highest BCUT2D eigenvalue weighted by Crippen LogP contribution is 2.41. The Kier molecular flexibility index (Phi) is 3.85. The summed E-state index contributed by atoms with van der Waals surface area (Å²) < 4.78 is 0.957. The lowest BCUT2D eigenvalue weighted by molar-refractivity contribution is 1.13. The molecule has 1 heterocycles. The zero-order valence-corrected chi connectivity index (χ0v) is 10.1. The maximum Gasteiger partial charge on any atom is 0.0877 e. The van der Waals surface area contributed by atoms with Gasteiger partial charge in [-0.1, -0.05) is 41.9 Å². The second-order valence-electron chi connectivity index (χ2n) is 3.02. The minimum atomic E-state index is 0.957. The number of thioether (sulfide) groups is 2. The smallest absolute Gasteiger partial charge is 0.0877 e. The van der Waals surface area contributed by atoms with E-state index in [1.165, 1.54) is 22.6 Å². The number of rotatable bonds is 1. The molecule has 0 amide bonds. The highest BCUT2D eigenvalue weighted by molar-refractivity contribution is 8.12. The number of hydrogen-bond acceptors (Lipinski definition) is 2. The summed E-state index contributed by atoms with van der Waals surface area (Å²) in [6.07, 6.45) is 1.24. The maximum atomic E-state index is 6.24. The SMILES string of the molecule is ClC1=C(c2ccccc2)SCCCS1. The minimum absolute atomic E-state index is 0.957. The van der Waals surface area contributed by atoms with Crippen molar-refractivity contribution < 1.29 is 0 Å². The van der Waals surface area contributed by atoms with Crippen LogP contribution in [0.2, 0.25) is 0 Å². The Morgan fingerprint density at radius 3 is 2.50 bits per heavy atom. The summed E-state index contributed by atoms with van der Waals surface area (Å²) in [7, 11) is 0. The summed E-state index contributed by atoms with van der Waals surface area (Å²) in [4.78, 5) is 1.25. The van der Waals surface area contributed by atoms with E-state index < -0.39 is 0 Å². The average molecular weight is 243 g/mol. The van der Waals surface area contributed by atoms with E-state index >= 15 is 0 Å². The van der Waals surface area contributed by atoms with Crippen LogP contribution in [0.1, 0.15) is 12.0 Å². The molecule has 0 aliphatic carbocycles. The molecule has 0 radical (unpaired) electrons. The van der Waals surface area contributed by atoms with E-state index in [1.807, 2.05) is 17.8 Å². The Morgan fingerprint density at radius 2 is 1.71 bits per heavy atom. The lowest BCUT2D eigenvalue weighted by Crippen LogP contribution is -1.81. The summed E-state index contributed by atoms with van der Waals surface area (Å²) >= 11 is 9.88. The Balaban J connectivity index is 2.31. The van der Waals surface area contributed by atoms with Crippen LogP contribution >= 0.6 is 35.1 Å². The topological polar surface area (TPSA) is 0 Å². The van der Waals surface area contributed by atoms with Gasteiger partial charge in [0.05, 0.1) is 4.36 Å². The Bertz CT molecular complexity index is 332. The van der Waals surface area contributed by atoms with E-state index in [0.717, 1.165) is 10.1 Å². The molecule has 0 spiro atoms. The molecule has 1 aromatic carbocycles. The van der Waals surface area contributed by atoms with Crippen molar-refractivity contribution >= 4 is 40.0 Å². The van der Waals surface area contributed by atoms with E-state index in [4.69, 9.17) is 11.6 Å². The van der Waals surface area contributed by atoms with Gasteiger partial charge in [0.15, 0.2) is 0 Å². The van der Waals surface area contributed by atoms with Crippen molar-refractivity contribution in [1.82, 2.24) is 0 Å². The third-order valence-corrected chi connectivity index (χ3v) is 4.91. The summed E-state index contributed by atoms with van der Waals surface area (Å²) in [5.74, 6) is 2.32. The van der Waals surface area contributed by atoms with Gasteiger partial charge in [-0.2, -0.15) is 0 Å². The average Bonchev–Trinajstić information content (AvgIpc) is 2.44. The maximum absolute atomic E-state index is 6.24. The van der Waals surface area contributed by atoms with Crippen molar-refractivity contribution in [2.24, 2.45) is 0 Å². The van der Waals surface area contributed by atoms with Crippen LogP contribution in [-0.2, 0) is 0 Å². The molecule has 1 aromatic rings. The molecule has 2 rings (SSSR count). The largest absolute Gasteiger partial charge is 0.123 e. The van der Waals surface area contributed by atoms with E-state index in [-0.39, 0.29) is 0 Å². The number of benzene rings is 1. The first-order valence-corrected chi connectivity index (χ1v) is 6.93. The first kappa shape index (κ1) is 10.5. The summed E-state index contributed by atoms with van der Waals surface area (Å²) in [5, 5.41) is 0. The van der Waals surface area contributed by atoms with Crippen LogP contribution in [0, 0.1) is 0 Å². The van der Waals surface area contributed by atoms with Crippen LogP contribution in [0.5, 0.6) is 0 Å². The van der Waals surface area contributed by atoms with Gasteiger partial charge in [0, 0.05) is 4.91 Å². The third-order valence-electron chi connectivity index (χ3n) is 1.98. The van der Waals surface area contributed by atoms with Crippen molar-refractivity contribution in [1.29, 1.82) is 0 Å². The van der Waals surface area contributed by atoms with Gasteiger partial charge in [-0.3, -0.25) is 0 Å². The van der Waals surface area contributed by atoms with Crippen LogP contribution in [-0.4, -0.2) is 11.5 Å². The second kappa shape index (κ2) is 5.15. The van der Waals surface area contributed by atoms with Crippen LogP contribution in [0.25, 0.3) is 4.91 Å². The van der Waals surface area contributed by atoms with Crippen molar-refractivity contribution in [2.75, 3.05) is 11.5 Å². The van der Waals surface area contributed by atoms with E-state index in [9.17, 15) is 0 Å². The van der Waals surface area contributed by atoms with E-state index in [0.29, 0.717) is 0 Å². The summed E-state index contributed by atoms with van der Waals surface area (Å²) in [5.41, 5.74) is 1.25. The van der Waals surface area contributed by atoms with Crippen LogP contribution in [0.15, 0.2) is 34.7 Å². The molecule has 0 nitrogen and oxygen atoms in total. The lowest BCUT2D eigenvalue weighted by atomic mass is 10.2. The molecular weight excluding hydrogens is 232 g/mol. The van der Waals surface area contributed by atoms with Crippen molar-refractivity contribution in [3.8, 4) is 0 Å². The van der Waals surface area contributed by atoms with Crippen LogP contribution in [0.3, 0.4) is 0 Å². The van der Waals surface area contributed by atoms with Gasteiger partial charge >= 0.3 is 0 Å². The molecule has 0 saturated carbocycles. The van der Waals surface area contributed by atoms with Gasteiger partial charge in [0.2, 0.25) is 0 Å². The molecule has 0 fully saturated rings. The summed E-state index contributed by atoms with van der Waals surface area (Å²) in [6, 6.07) is 10.4. The third kappa shape index (κ3) is 2.50. The first-order valence-electron chi connectivity index (χ1n) is 4.59. The van der Waals surface area contributed by atoms with Crippen LogP contribution in [0.4, 0.5) is 0 Å². The molecule has 0 N–H and O–H groups in total. The van der Waals surface area contributed by atoms with Crippen molar-refractivity contribution in [2.45, 2.75) is 6.42 Å². The predicted molar refractivity (Wildman–Crippen MR) is 68.7 cm³/mol. The quantitative estimate of drug-likeness (QED) is 0.715. The molecule has 1 aliphatic rings.